The van der Waals surface area contributed by atoms with Crippen molar-refractivity contribution in [3.05, 3.63) is 71.6 Å². The Morgan fingerprint density at radius 3 is 2.42 bits per heavy atom. The van der Waals surface area contributed by atoms with Crippen molar-refractivity contribution in [1.82, 2.24) is 15.5 Å². The number of nitrogens with one attached hydrogen (secondary N) is 2. The Morgan fingerprint density at radius 2 is 1.79 bits per heavy atom. The van der Waals surface area contributed by atoms with Crippen LogP contribution in [0.15, 0.2) is 53.5 Å². The molecule has 33 heavy (non-hydrogen) atoms. The molecule has 2 amide bonds. The van der Waals surface area contributed by atoms with E-state index in [0.717, 1.165) is 40.8 Å². The van der Waals surface area contributed by atoms with Gasteiger partial charge in [0.1, 0.15) is 0 Å². The van der Waals surface area contributed by atoms with Crippen molar-refractivity contribution < 1.29 is 9.21 Å². The van der Waals surface area contributed by atoms with Gasteiger partial charge in [0.25, 0.3) is 0 Å². The van der Waals surface area contributed by atoms with Gasteiger partial charge in [-0.15, -0.1) is 10.2 Å². The Morgan fingerprint density at radius 1 is 1.06 bits per heavy atom. The minimum Gasteiger partial charge on any atom is -0.421 e. The van der Waals surface area contributed by atoms with Gasteiger partial charge in [0.2, 0.25) is 11.8 Å². The molecule has 0 fully saturated rings. The van der Waals surface area contributed by atoms with E-state index in [-0.39, 0.29) is 11.4 Å². The monoisotopic (exact) mass is 446 g/mol. The minimum absolute atomic E-state index is 0.000751. The minimum atomic E-state index is -0.187. The fourth-order valence-corrected chi connectivity index (χ4v) is 3.32. The highest BCUT2D eigenvalue weighted by molar-refractivity contribution is 5.89. The molecule has 0 aliphatic rings. The van der Waals surface area contributed by atoms with Crippen molar-refractivity contribution >= 4 is 17.3 Å². The SMILES string of the molecule is C=C(C)c1cc(-c2nnc(CCc3ccc(NC(=O)NCCC)cc3)o2)cc(C(C)(C)C)c1. The fourth-order valence-electron chi connectivity index (χ4n) is 3.32. The fraction of sp³-hybridized carbons (Fsp3) is 0.370. The highest BCUT2D eigenvalue weighted by Crippen LogP contribution is 2.31. The first-order valence-corrected chi connectivity index (χ1v) is 11.4. The van der Waals surface area contributed by atoms with Gasteiger partial charge in [-0.2, -0.15) is 0 Å². The molecule has 0 unspecified atom stereocenters. The van der Waals surface area contributed by atoms with Crippen LogP contribution in [0.1, 0.15) is 63.6 Å². The first kappa shape index (κ1) is 24.2. The van der Waals surface area contributed by atoms with Crippen molar-refractivity contribution in [2.75, 3.05) is 11.9 Å². The zero-order chi connectivity index (χ0) is 24.0. The maximum atomic E-state index is 11.8. The summed E-state index contributed by atoms with van der Waals surface area (Å²) in [5.74, 6) is 1.13. The van der Waals surface area contributed by atoms with Crippen LogP contribution < -0.4 is 10.6 Å². The number of nitrogens with zero attached hydrogens (tertiary/aromatic N) is 2. The number of aromatic nitrogens is 2. The second-order valence-corrected chi connectivity index (χ2v) is 9.41. The lowest BCUT2D eigenvalue weighted by Gasteiger charge is -2.21. The van der Waals surface area contributed by atoms with Gasteiger partial charge in [0.15, 0.2) is 0 Å². The molecule has 0 saturated carbocycles. The summed E-state index contributed by atoms with van der Waals surface area (Å²) in [7, 11) is 0. The van der Waals surface area contributed by atoms with E-state index in [2.05, 4.69) is 66.4 Å². The Hall–Kier alpha value is -3.41. The summed E-state index contributed by atoms with van der Waals surface area (Å²) in [6.07, 6.45) is 2.31. The quantitative estimate of drug-likeness (QED) is 0.420. The first-order chi connectivity index (χ1) is 15.7. The molecule has 6 nitrogen and oxygen atoms in total. The van der Waals surface area contributed by atoms with E-state index in [1.807, 2.05) is 38.1 Å². The molecule has 6 heteroatoms. The smallest absolute Gasteiger partial charge is 0.319 e. The molecule has 0 aliphatic heterocycles. The number of rotatable bonds is 8. The van der Waals surface area contributed by atoms with Crippen LogP contribution in [0.25, 0.3) is 17.0 Å². The molecular formula is C27H34N4O2. The lowest BCUT2D eigenvalue weighted by atomic mass is 9.84. The molecule has 2 N–H and O–H groups in total. The molecule has 0 saturated heterocycles. The van der Waals surface area contributed by atoms with E-state index >= 15 is 0 Å². The van der Waals surface area contributed by atoms with Crippen molar-refractivity contribution in [2.45, 2.75) is 59.3 Å². The molecule has 1 aromatic heterocycles. The second-order valence-electron chi connectivity index (χ2n) is 9.41. The summed E-state index contributed by atoms with van der Waals surface area (Å²) in [6.45, 7) is 15.3. The van der Waals surface area contributed by atoms with Crippen LogP contribution in [0.5, 0.6) is 0 Å². The maximum Gasteiger partial charge on any atom is 0.319 e. The first-order valence-electron chi connectivity index (χ1n) is 11.4. The number of hydrogen-bond donors (Lipinski definition) is 2. The molecule has 0 spiro atoms. The highest BCUT2D eigenvalue weighted by Gasteiger charge is 2.18. The van der Waals surface area contributed by atoms with Gasteiger partial charge in [0.05, 0.1) is 0 Å². The number of hydrogen-bond acceptors (Lipinski definition) is 4. The summed E-state index contributed by atoms with van der Waals surface area (Å²) in [5, 5.41) is 14.2. The largest absolute Gasteiger partial charge is 0.421 e. The number of benzene rings is 2. The predicted molar refractivity (Wildman–Crippen MR) is 134 cm³/mol. The number of carbonyl (C=O) groups is 1. The van der Waals surface area contributed by atoms with Gasteiger partial charge in [-0.05, 0) is 66.1 Å². The van der Waals surface area contributed by atoms with Crippen molar-refractivity contribution in [3.63, 3.8) is 0 Å². The molecule has 3 rings (SSSR count). The van der Waals surface area contributed by atoms with Crippen LogP contribution in [0.4, 0.5) is 10.5 Å². The third-order valence-corrected chi connectivity index (χ3v) is 5.38. The van der Waals surface area contributed by atoms with Gasteiger partial charge < -0.3 is 15.1 Å². The van der Waals surface area contributed by atoms with E-state index in [1.165, 1.54) is 5.56 Å². The normalized spacial score (nSPS) is 11.3. The number of allylic oxidation sites excluding steroid dienone is 1. The van der Waals surface area contributed by atoms with Crippen LogP contribution in [0, 0.1) is 0 Å². The van der Waals surface area contributed by atoms with E-state index in [4.69, 9.17) is 4.42 Å². The molecule has 0 bridgehead atoms. The second kappa shape index (κ2) is 10.5. The summed E-state index contributed by atoms with van der Waals surface area (Å²) in [4.78, 5) is 11.8. The summed E-state index contributed by atoms with van der Waals surface area (Å²) in [5.41, 5.74) is 6.09. The molecule has 1 heterocycles. The Kier molecular flexibility index (Phi) is 7.69. The molecule has 174 valence electrons. The van der Waals surface area contributed by atoms with Crippen LogP contribution in [-0.4, -0.2) is 22.8 Å². The molecule has 3 aromatic rings. The Bertz CT molecular complexity index is 1110. The zero-order valence-electron chi connectivity index (χ0n) is 20.3. The Labute approximate surface area is 196 Å². The van der Waals surface area contributed by atoms with E-state index < -0.39 is 0 Å². The standard InChI is InChI=1S/C27H34N4O2/c1-7-14-28-26(32)29-23-11-8-19(9-12-23)10-13-24-30-31-25(33-24)21-15-20(18(2)3)16-22(17-21)27(4,5)6/h8-9,11-12,15-17H,2,7,10,13-14H2,1,3-6H3,(H2,28,29,32). The summed E-state index contributed by atoms with van der Waals surface area (Å²) in [6, 6.07) is 14.0. The molecule has 0 atom stereocenters. The van der Waals surface area contributed by atoms with Gasteiger partial charge in [-0.1, -0.05) is 58.0 Å². The van der Waals surface area contributed by atoms with Crippen LogP contribution in [-0.2, 0) is 18.3 Å². The summed E-state index contributed by atoms with van der Waals surface area (Å²) < 4.78 is 5.99. The number of carbonyl (C=O) groups excluding carboxylic acids is 1. The summed E-state index contributed by atoms with van der Waals surface area (Å²) >= 11 is 0. The molecule has 2 aromatic carbocycles. The number of aryl methyl sites for hydroxylation is 2. The van der Waals surface area contributed by atoms with Crippen molar-refractivity contribution in [3.8, 4) is 11.5 Å². The van der Waals surface area contributed by atoms with Gasteiger partial charge in [-0.3, -0.25) is 0 Å². The predicted octanol–water partition coefficient (Wildman–Crippen LogP) is 6.38. The van der Waals surface area contributed by atoms with Crippen molar-refractivity contribution in [1.29, 1.82) is 0 Å². The lowest BCUT2D eigenvalue weighted by Crippen LogP contribution is -2.29. The highest BCUT2D eigenvalue weighted by atomic mass is 16.4. The zero-order valence-corrected chi connectivity index (χ0v) is 20.3. The number of anilines is 1. The van der Waals surface area contributed by atoms with Crippen LogP contribution in [0.2, 0.25) is 0 Å². The third kappa shape index (κ3) is 6.78. The van der Waals surface area contributed by atoms with E-state index in [0.29, 0.717) is 24.7 Å². The molecular weight excluding hydrogens is 412 g/mol. The average Bonchev–Trinajstić information content (AvgIpc) is 3.25. The average molecular weight is 447 g/mol. The molecule has 0 aliphatic carbocycles. The molecule has 0 radical (unpaired) electrons. The topological polar surface area (TPSA) is 80.0 Å². The van der Waals surface area contributed by atoms with Crippen LogP contribution >= 0.6 is 0 Å². The maximum absolute atomic E-state index is 11.8. The Balaban J connectivity index is 1.66. The lowest BCUT2D eigenvalue weighted by molar-refractivity contribution is 0.252. The number of urea groups is 1. The third-order valence-electron chi connectivity index (χ3n) is 5.38. The van der Waals surface area contributed by atoms with Crippen molar-refractivity contribution in [2.24, 2.45) is 0 Å². The van der Waals surface area contributed by atoms with Gasteiger partial charge >= 0.3 is 6.03 Å². The van der Waals surface area contributed by atoms with E-state index in [9.17, 15) is 4.79 Å². The van der Waals surface area contributed by atoms with E-state index in [1.54, 1.807) is 0 Å². The van der Waals surface area contributed by atoms with Gasteiger partial charge in [-0.25, -0.2) is 4.79 Å². The van der Waals surface area contributed by atoms with Gasteiger partial charge in [0, 0.05) is 24.2 Å². The number of amides is 2. The van der Waals surface area contributed by atoms with Crippen LogP contribution in [0.3, 0.4) is 0 Å².